The maximum Gasteiger partial charge on any atom is 0.436 e. The second-order valence-electron chi connectivity index (χ2n) is 8.43. The summed E-state index contributed by atoms with van der Waals surface area (Å²) in [6.45, 7) is 0.0139. The highest BCUT2D eigenvalue weighted by molar-refractivity contribution is 7.95. The van der Waals surface area contributed by atoms with Crippen LogP contribution in [0.3, 0.4) is 0 Å². The van der Waals surface area contributed by atoms with Crippen LogP contribution in [0, 0.1) is 29.6 Å². The molecule has 182 valence electrons. The molecule has 5 fully saturated rings. The Balaban J connectivity index is 1.42. The van der Waals surface area contributed by atoms with Crippen LogP contribution in [0.5, 0.6) is 0 Å². The van der Waals surface area contributed by atoms with Crippen LogP contribution in [0.2, 0.25) is 0 Å². The molecule has 5 aliphatic rings. The monoisotopic (exact) mass is 490 g/mol. The number of halogens is 8. The summed E-state index contributed by atoms with van der Waals surface area (Å²) in [5, 5.41) is 4.77. The molecule has 14 heteroatoms. The zero-order valence-electron chi connectivity index (χ0n) is 16.1. The normalized spacial score (nSPS) is 31.1. The molecule has 5 rings (SSSR count). The minimum absolute atomic E-state index is 0.307. The molecule has 0 amide bonds. The fourth-order valence-electron chi connectivity index (χ4n) is 5.26. The molecule has 4 bridgehead atoms. The van der Waals surface area contributed by atoms with Crippen molar-refractivity contribution in [1.82, 2.24) is 0 Å². The highest BCUT2D eigenvalue weighted by atomic mass is 32.2. The van der Waals surface area contributed by atoms with Crippen LogP contribution in [0.15, 0.2) is 0 Å². The third kappa shape index (κ3) is 5.24. The molecule has 0 heterocycles. The third-order valence-corrected chi connectivity index (χ3v) is 7.02. The van der Waals surface area contributed by atoms with E-state index in [-0.39, 0.29) is 6.61 Å². The smallest absolute Gasteiger partial charge is 0.381 e. The van der Waals surface area contributed by atoms with Gasteiger partial charge in [-0.15, -0.1) is 4.33 Å². The fourth-order valence-corrected chi connectivity index (χ4v) is 5.51. The van der Waals surface area contributed by atoms with E-state index in [0.29, 0.717) is 36.2 Å². The van der Waals surface area contributed by atoms with E-state index in [0.717, 1.165) is 6.42 Å². The van der Waals surface area contributed by atoms with Crippen molar-refractivity contribution in [3.63, 3.8) is 0 Å². The standard InChI is InChI=1S/C17H22F8O5S/c18-14(19,15(20,21)28-16(22,23)17(24,25)31-30-29-26)2-1-3-27-8-12-6-9-4-10-7-11(5-9)13(10)12/h9-13,26H,1-8H2. The van der Waals surface area contributed by atoms with Gasteiger partial charge in [0, 0.05) is 19.6 Å². The Morgan fingerprint density at radius 3 is 2.10 bits per heavy atom. The van der Waals surface area contributed by atoms with Crippen molar-refractivity contribution in [3.8, 4) is 0 Å². The first kappa shape index (κ1) is 25.2. The minimum atomic E-state index is -6.07. The Bertz CT molecular complexity index is 613. The molecule has 0 aliphatic heterocycles. The molecule has 3 atom stereocenters. The fraction of sp³-hybridized carbons (Fsp3) is 1.00. The van der Waals surface area contributed by atoms with Gasteiger partial charge in [-0.1, -0.05) is 5.04 Å². The second kappa shape index (κ2) is 9.09. The van der Waals surface area contributed by atoms with E-state index in [1.165, 1.54) is 19.3 Å². The molecule has 31 heavy (non-hydrogen) atoms. The van der Waals surface area contributed by atoms with E-state index in [1.54, 1.807) is 0 Å². The Morgan fingerprint density at radius 2 is 1.52 bits per heavy atom. The average molecular weight is 490 g/mol. The quantitative estimate of drug-likeness (QED) is 0.113. The highest BCUT2D eigenvalue weighted by Gasteiger charge is 2.69. The zero-order valence-corrected chi connectivity index (χ0v) is 16.9. The lowest BCUT2D eigenvalue weighted by Gasteiger charge is -2.61. The number of hydrogen-bond donors (Lipinski definition) is 1. The molecule has 0 aromatic rings. The molecular formula is C17H22F8O5S. The van der Waals surface area contributed by atoms with Crippen LogP contribution in [-0.4, -0.2) is 41.9 Å². The van der Waals surface area contributed by atoms with Gasteiger partial charge in [0.1, 0.15) is 12.0 Å². The van der Waals surface area contributed by atoms with Gasteiger partial charge < -0.3 is 4.74 Å². The van der Waals surface area contributed by atoms with Crippen LogP contribution in [0.1, 0.15) is 38.5 Å². The lowest BCUT2D eigenvalue weighted by Crippen LogP contribution is -2.54. The van der Waals surface area contributed by atoms with Crippen LogP contribution in [0.4, 0.5) is 35.1 Å². The van der Waals surface area contributed by atoms with Gasteiger partial charge in [0.2, 0.25) is 0 Å². The Kier molecular flexibility index (Phi) is 7.39. The molecule has 5 saturated carbocycles. The van der Waals surface area contributed by atoms with E-state index < -0.39 is 48.3 Å². The summed E-state index contributed by atoms with van der Waals surface area (Å²) in [6, 6.07) is 0. The molecule has 0 radical (unpaired) electrons. The number of ether oxygens (including phenoxy) is 2. The first-order valence-corrected chi connectivity index (χ1v) is 10.5. The Labute approximate surface area is 176 Å². The van der Waals surface area contributed by atoms with Crippen molar-refractivity contribution in [3.05, 3.63) is 0 Å². The average Bonchev–Trinajstić information content (AvgIpc) is 2.64. The van der Waals surface area contributed by atoms with E-state index in [1.807, 2.05) is 0 Å². The predicted octanol–water partition coefficient (Wildman–Crippen LogP) is 5.97. The maximum absolute atomic E-state index is 13.7. The van der Waals surface area contributed by atoms with E-state index >= 15 is 0 Å². The summed E-state index contributed by atoms with van der Waals surface area (Å²) in [6.07, 6.45) is -9.59. The lowest BCUT2D eigenvalue weighted by molar-refractivity contribution is -0.461. The van der Waals surface area contributed by atoms with Crippen molar-refractivity contribution < 1.29 is 59.2 Å². The largest absolute Gasteiger partial charge is 0.436 e. The van der Waals surface area contributed by atoms with Crippen molar-refractivity contribution in [1.29, 1.82) is 0 Å². The summed E-state index contributed by atoms with van der Waals surface area (Å²) >= 11 is -1.60. The molecule has 3 unspecified atom stereocenters. The van der Waals surface area contributed by atoms with Gasteiger partial charge in [0.25, 0.3) is 0 Å². The minimum Gasteiger partial charge on any atom is -0.381 e. The molecule has 0 aromatic carbocycles. The van der Waals surface area contributed by atoms with Crippen molar-refractivity contribution in [2.45, 2.75) is 61.9 Å². The predicted molar refractivity (Wildman–Crippen MR) is 89.2 cm³/mol. The Morgan fingerprint density at radius 1 is 0.871 bits per heavy atom. The summed E-state index contributed by atoms with van der Waals surface area (Å²) in [7, 11) is 0. The summed E-state index contributed by atoms with van der Waals surface area (Å²) in [4.78, 5) is 0. The Hall–Kier alpha value is -0.410. The van der Waals surface area contributed by atoms with Gasteiger partial charge in [0.05, 0.1) is 0 Å². The van der Waals surface area contributed by atoms with Crippen LogP contribution in [0.25, 0.3) is 0 Å². The molecule has 0 spiro atoms. The molecule has 5 nitrogen and oxygen atoms in total. The van der Waals surface area contributed by atoms with Crippen LogP contribution in [-0.2, 0) is 18.8 Å². The highest BCUT2D eigenvalue weighted by Crippen LogP contribution is 2.62. The van der Waals surface area contributed by atoms with Crippen LogP contribution >= 0.6 is 12.0 Å². The topological polar surface area (TPSA) is 57.2 Å². The van der Waals surface area contributed by atoms with Crippen molar-refractivity contribution >= 4 is 12.0 Å². The number of fused-ring (bicyclic) bond motifs is 1. The zero-order chi connectivity index (χ0) is 23.1. The number of alkyl halides is 8. The van der Waals surface area contributed by atoms with Gasteiger partial charge >= 0.3 is 23.4 Å². The third-order valence-electron chi connectivity index (χ3n) is 6.45. The maximum atomic E-state index is 13.7. The molecule has 5 aliphatic carbocycles. The first-order valence-electron chi connectivity index (χ1n) is 9.75. The van der Waals surface area contributed by atoms with E-state index in [9.17, 15) is 35.1 Å². The van der Waals surface area contributed by atoms with Gasteiger partial charge in [-0.2, -0.15) is 35.1 Å². The van der Waals surface area contributed by atoms with Crippen molar-refractivity contribution in [2.24, 2.45) is 29.6 Å². The lowest BCUT2D eigenvalue weighted by atomic mass is 9.45. The molecule has 0 saturated heterocycles. The molecular weight excluding hydrogens is 468 g/mol. The van der Waals surface area contributed by atoms with E-state index in [4.69, 9.17) is 9.99 Å². The van der Waals surface area contributed by atoms with Gasteiger partial charge in [-0.3, -0.25) is 0 Å². The molecule has 1 N–H and O–H groups in total. The number of rotatable bonds is 13. The molecule has 0 aromatic heterocycles. The first-order chi connectivity index (χ1) is 14.3. The van der Waals surface area contributed by atoms with Crippen molar-refractivity contribution in [2.75, 3.05) is 13.2 Å². The number of hydrogen-bond acceptors (Lipinski definition) is 6. The van der Waals surface area contributed by atoms with Gasteiger partial charge in [0.15, 0.2) is 0 Å². The van der Waals surface area contributed by atoms with Crippen LogP contribution < -0.4 is 0 Å². The summed E-state index contributed by atoms with van der Waals surface area (Å²) in [5.74, 6) is -2.29. The second-order valence-corrected chi connectivity index (χ2v) is 9.24. The van der Waals surface area contributed by atoms with Gasteiger partial charge in [-0.05, 0) is 61.7 Å². The van der Waals surface area contributed by atoms with E-state index in [2.05, 4.69) is 14.1 Å². The summed E-state index contributed by atoms with van der Waals surface area (Å²) in [5.41, 5.74) is 0. The van der Waals surface area contributed by atoms with Gasteiger partial charge in [-0.25, -0.2) is 9.99 Å². The SMILES string of the molecule is OOOSC(F)(F)C(F)(F)OC(F)(F)C(F)(F)CCCOCC1CC2CC3CC(C2)C13. The summed E-state index contributed by atoms with van der Waals surface area (Å²) < 4.78 is 118.